The first-order valence-corrected chi connectivity index (χ1v) is 10.5. The van der Waals surface area contributed by atoms with Gasteiger partial charge in [0.1, 0.15) is 12.4 Å². The highest BCUT2D eigenvalue weighted by Gasteiger charge is 2.27. The van der Waals surface area contributed by atoms with Crippen molar-refractivity contribution in [2.45, 2.75) is 32.9 Å². The molecule has 4 rings (SSSR count). The Balaban J connectivity index is 1.54. The quantitative estimate of drug-likeness (QED) is 0.784. The van der Waals surface area contributed by atoms with Crippen LogP contribution in [0.25, 0.3) is 0 Å². The van der Waals surface area contributed by atoms with Crippen molar-refractivity contribution in [1.82, 2.24) is 9.80 Å². The number of morpholine rings is 1. The monoisotopic (exact) mass is 408 g/mol. The maximum atomic E-state index is 13.1. The fraction of sp³-hybridized carbons (Fsp3) is 0.417. The molecule has 1 atom stereocenters. The van der Waals surface area contributed by atoms with E-state index < -0.39 is 0 Å². The average molecular weight is 408 g/mol. The van der Waals surface area contributed by atoms with Crippen molar-refractivity contribution in [3.8, 4) is 5.75 Å². The largest absolute Gasteiger partial charge is 0.491 e. The summed E-state index contributed by atoms with van der Waals surface area (Å²) >= 11 is 0. The molecular formula is C24H28N2O4. The number of amides is 2. The van der Waals surface area contributed by atoms with Gasteiger partial charge in [0.15, 0.2) is 0 Å². The molecule has 0 spiro atoms. The van der Waals surface area contributed by atoms with E-state index in [1.165, 1.54) is 0 Å². The van der Waals surface area contributed by atoms with E-state index in [2.05, 4.69) is 0 Å². The summed E-state index contributed by atoms with van der Waals surface area (Å²) in [6.07, 6.45) is 0.360. The summed E-state index contributed by atoms with van der Waals surface area (Å²) in [6.45, 7) is 7.23. The van der Waals surface area contributed by atoms with Crippen molar-refractivity contribution >= 4 is 11.8 Å². The van der Waals surface area contributed by atoms with Crippen molar-refractivity contribution in [3.05, 3.63) is 64.7 Å². The second-order valence-corrected chi connectivity index (χ2v) is 8.01. The zero-order valence-corrected chi connectivity index (χ0v) is 17.6. The van der Waals surface area contributed by atoms with Gasteiger partial charge in [-0.3, -0.25) is 9.59 Å². The van der Waals surface area contributed by atoms with E-state index in [0.29, 0.717) is 51.4 Å². The molecule has 30 heavy (non-hydrogen) atoms. The molecule has 2 aromatic carbocycles. The van der Waals surface area contributed by atoms with Crippen LogP contribution < -0.4 is 4.74 Å². The maximum absolute atomic E-state index is 13.1. The zero-order valence-electron chi connectivity index (χ0n) is 17.6. The van der Waals surface area contributed by atoms with Gasteiger partial charge in [-0.1, -0.05) is 24.3 Å². The lowest BCUT2D eigenvalue weighted by Crippen LogP contribution is -2.41. The highest BCUT2D eigenvalue weighted by Crippen LogP contribution is 2.27. The molecule has 1 saturated heterocycles. The van der Waals surface area contributed by atoms with Crippen molar-refractivity contribution in [1.29, 1.82) is 0 Å². The Morgan fingerprint density at radius 1 is 1.10 bits per heavy atom. The maximum Gasteiger partial charge on any atom is 0.254 e. The Morgan fingerprint density at radius 3 is 2.63 bits per heavy atom. The molecule has 0 saturated carbocycles. The second-order valence-electron chi connectivity index (χ2n) is 8.01. The molecule has 0 bridgehead atoms. The van der Waals surface area contributed by atoms with E-state index in [9.17, 15) is 9.59 Å². The highest BCUT2D eigenvalue weighted by atomic mass is 16.5. The van der Waals surface area contributed by atoms with Crippen molar-refractivity contribution < 1.29 is 19.1 Å². The summed E-state index contributed by atoms with van der Waals surface area (Å²) in [5, 5.41) is 0. The number of carbonyl (C=O) groups excluding carboxylic acids is 2. The van der Waals surface area contributed by atoms with E-state index in [0.717, 1.165) is 22.4 Å². The van der Waals surface area contributed by atoms with Crippen LogP contribution in [-0.2, 0) is 22.5 Å². The minimum atomic E-state index is -0.0488. The van der Waals surface area contributed by atoms with Crippen LogP contribution in [0.4, 0.5) is 0 Å². The van der Waals surface area contributed by atoms with E-state index in [1.807, 2.05) is 66.1 Å². The number of hydrogen-bond donors (Lipinski definition) is 0. The third-order valence-electron chi connectivity index (χ3n) is 5.88. The number of hydrogen-bond acceptors (Lipinski definition) is 4. The predicted octanol–water partition coefficient (Wildman–Crippen LogP) is 2.82. The summed E-state index contributed by atoms with van der Waals surface area (Å²) < 4.78 is 11.3. The minimum Gasteiger partial charge on any atom is -0.491 e. The Hall–Kier alpha value is -2.86. The smallest absolute Gasteiger partial charge is 0.254 e. The van der Waals surface area contributed by atoms with E-state index in [1.54, 1.807) is 0 Å². The fourth-order valence-electron chi connectivity index (χ4n) is 3.97. The molecule has 0 radical (unpaired) electrons. The van der Waals surface area contributed by atoms with Crippen molar-refractivity contribution in [2.24, 2.45) is 0 Å². The Bertz CT molecular complexity index is 937. The Labute approximate surface area is 177 Å². The molecule has 0 N–H and O–H groups in total. The predicted molar refractivity (Wildman–Crippen MR) is 114 cm³/mol. The van der Waals surface area contributed by atoms with Crippen molar-refractivity contribution in [2.75, 3.05) is 32.9 Å². The molecule has 0 aromatic heterocycles. The van der Waals surface area contributed by atoms with Gasteiger partial charge in [0, 0.05) is 30.8 Å². The van der Waals surface area contributed by atoms with Gasteiger partial charge in [0.25, 0.3) is 5.91 Å². The van der Waals surface area contributed by atoms with Gasteiger partial charge >= 0.3 is 0 Å². The first-order chi connectivity index (χ1) is 14.5. The zero-order chi connectivity index (χ0) is 21.1. The number of carbonyl (C=O) groups is 2. The third-order valence-corrected chi connectivity index (χ3v) is 5.88. The number of rotatable bonds is 3. The lowest BCUT2D eigenvalue weighted by atomic mass is 10.0. The number of fused-ring (bicyclic) bond motifs is 1. The summed E-state index contributed by atoms with van der Waals surface area (Å²) in [5.74, 6) is 0.806. The molecule has 0 unspecified atom stereocenters. The molecule has 0 aliphatic carbocycles. The van der Waals surface area contributed by atoms with Crippen LogP contribution in [0.3, 0.4) is 0 Å². The van der Waals surface area contributed by atoms with Gasteiger partial charge in [0.2, 0.25) is 5.91 Å². The molecule has 2 amide bonds. The molecule has 6 nitrogen and oxygen atoms in total. The first kappa shape index (κ1) is 20.4. The van der Waals surface area contributed by atoms with Crippen LogP contribution in [0.15, 0.2) is 42.5 Å². The van der Waals surface area contributed by atoms with Crippen LogP contribution in [0.5, 0.6) is 5.75 Å². The van der Waals surface area contributed by atoms with Crippen LogP contribution in [0, 0.1) is 6.92 Å². The van der Waals surface area contributed by atoms with E-state index in [-0.39, 0.29) is 17.9 Å². The number of aryl methyl sites for hydroxylation is 1. The SMILES string of the molecule is Cc1ccccc1CC(=O)N1Cc2cc(C(=O)N3CCOCC3)ccc2OC[C@@H]1C. The number of benzene rings is 2. The van der Waals surface area contributed by atoms with Crippen molar-refractivity contribution in [3.63, 3.8) is 0 Å². The topological polar surface area (TPSA) is 59.1 Å². The lowest BCUT2D eigenvalue weighted by Gasteiger charge is -2.28. The number of nitrogens with zero attached hydrogens (tertiary/aromatic N) is 2. The molecular weight excluding hydrogens is 380 g/mol. The van der Waals surface area contributed by atoms with Crippen LogP contribution in [0.2, 0.25) is 0 Å². The molecule has 2 aliphatic rings. The Kier molecular flexibility index (Phi) is 6.04. The molecule has 6 heteroatoms. The van der Waals surface area contributed by atoms with E-state index >= 15 is 0 Å². The summed E-state index contributed by atoms with van der Waals surface area (Å²) in [6, 6.07) is 13.5. The van der Waals surface area contributed by atoms with Gasteiger partial charge in [0.05, 0.1) is 25.7 Å². The third kappa shape index (κ3) is 4.33. The van der Waals surface area contributed by atoms with Gasteiger partial charge in [-0.15, -0.1) is 0 Å². The van der Waals surface area contributed by atoms with Crippen LogP contribution in [-0.4, -0.2) is 60.6 Å². The Morgan fingerprint density at radius 2 is 1.87 bits per heavy atom. The fourth-order valence-corrected chi connectivity index (χ4v) is 3.97. The lowest BCUT2D eigenvalue weighted by molar-refractivity contribution is -0.133. The molecule has 2 aromatic rings. The van der Waals surface area contributed by atoms with Gasteiger partial charge in [-0.05, 0) is 43.2 Å². The second kappa shape index (κ2) is 8.88. The number of ether oxygens (including phenoxy) is 2. The first-order valence-electron chi connectivity index (χ1n) is 10.5. The summed E-state index contributed by atoms with van der Waals surface area (Å²) in [7, 11) is 0. The summed E-state index contributed by atoms with van der Waals surface area (Å²) in [4.78, 5) is 29.7. The molecule has 1 fully saturated rings. The van der Waals surface area contributed by atoms with Gasteiger partial charge in [-0.2, -0.15) is 0 Å². The minimum absolute atomic E-state index is 0.00353. The highest BCUT2D eigenvalue weighted by molar-refractivity contribution is 5.94. The van der Waals surface area contributed by atoms with Crippen LogP contribution in [0.1, 0.15) is 34.0 Å². The standard InChI is InChI=1S/C24H28N2O4/c1-17-5-3-4-6-19(17)14-23(27)26-15-21-13-20(7-8-22(21)30-16-18(26)2)24(28)25-9-11-29-12-10-25/h3-8,13,18H,9-12,14-16H2,1-2H3/t18-/m0/s1. The van der Waals surface area contributed by atoms with Gasteiger partial charge in [-0.25, -0.2) is 0 Å². The average Bonchev–Trinajstić information content (AvgIpc) is 2.94. The molecule has 2 heterocycles. The molecule has 158 valence electrons. The van der Waals surface area contributed by atoms with Crippen LogP contribution >= 0.6 is 0 Å². The summed E-state index contributed by atoms with van der Waals surface area (Å²) in [5.41, 5.74) is 3.65. The normalized spacial score (nSPS) is 18.9. The van der Waals surface area contributed by atoms with Gasteiger partial charge < -0.3 is 19.3 Å². The molecule has 2 aliphatic heterocycles. The van der Waals surface area contributed by atoms with E-state index in [4.69, 9.17) is 9.47 Å².